The number of benzene rings is 1. The van der Waals surface area contributed by atoms with E-state index in [0.29, 0.717) is 23.9 Å². The predicted molar refractivity (Wildman–Crippen MR) is 107 cm³/mol. The zero-order chi connectivity index (χ0) is 19.6. The molecular formula is C22H25N5O. The first kappa shape index (κ1) is 18.4. The highest BCUT2D eigenvalue weighted by Gasteiger charge is 2.50. The van der Waals surface area contributed by atoms with Crippen LogP contribution in [-0.4, -0.2) is 34.5 Å². The number of amides is 1. The molecule has 0 radical (unpaired) electrons. The van der Waals surface area contributed by atoms with Gasteiger partial charge in [-0.05, 0) is 43.7 Å². The molecule has 1 aliphatic heterocycles. The fraction of sp³-hybridized carbons (Fsp3) is 0.455. The molecule has 0 spiro atoms. The summed E-state index contributed by atoms with van der Waals surface area (Å²) >= 11 is 0. The van der Waals surface area contributed by atoms with Crippen LogP contribution < -0.4 is 10.2 Å². The Morgan fingerprint density at radius 1 is 1.25 bits per heavy atom. The van der Waals surface area contributed by atoms with Gasteiger partial charge in [0.2, 0.25) is 0 Å². The molecule has 28 heavy (non-hydrogen) atoms. The number of rotatable bonds is 5. The summed E-state index contributed by atoms with van der Waals surface area (Å²) in [6, 6.07) is 13.4. The zero-order valence-corrected chi connectivity index (χ0v) is 16.2. The Morgan fingerprint density at radius 3 is 2.57 bits per heavy atom. The van der Waals surface area contributed by atoms with E-state index in [4.69, 9.17) is 0 Å². The van der Waals surface area contributed by atoms with Crippen LogP contribution in [0.1, 0.15) is 54.5 Å². The third-order valence-electron chi connectivity index (χ3n) is 5.98. The van der Waals surface area contributed by atoms with E-state index in [1.165, 1.54) is 0 Å². The summed E-state index contributed by atoms with van der Waals surface area (Å²) in [4.78, 5) is 23.7. The topological polar surface area (TPSA) is 81.9 Å². The van der Waals surface area contributed by atoms with Crippen LogP contribution >= 0.6 is 0 Å². The van der Waals surface area contributed by atoms with Crippen LogP contribution in [0.2, 0.25) is 0 Å². The van der Waals surface area contributed by atoms with E-state index in [0.717, 1.165) is 50.2 Å². The average Bonchev–Trinajstić information content (AvgIpc) is 3.54. The number of nitrogens with zero attached hydrogens (tertiary/aromatic N) is 4. The van der Waals surface area contributed by atoms with Gasteiger partial charge in [-0.3, -0.25) is 4.79 Å². The Balaban J connectivity index is 1.40. The van der Waals surface area contributed by atoms with Crippen molar-refractivity contribution in [3.05, 3.63) is 53.5 Å². The third-order valence-corrected chi connectivity index (χ3v) is 5.98. The number of nitriles is 1. The molecule has 1 aromatic carbocycles. The molecule has 2 fully saturated rings. The quantitative estimate of drug-likeness (QED) is 0.868. The molecule has 1 N–H and O–H groups in total. The van der Waals surface area contributed by atoms with E-state index in [9.17, 15) is 10.1 Å². The number of carbonyl (C=O) groups excluding carboxylic acids is 1. The number of anilines is 1. The lowest BCUT2D eigenvalue weighted by atomic mass is 9.87. The van der Waals surface area contributed by atoms with E-state index in [-0.39, 0.29) is 11.4 Å². The van der Waals surface area contributed by atoms with Gasteiger partial charge in [-0.15, -0.1) is 0 Å². The van der Waals surface area contributed by atoms with Gasteiger partial charge in [-0.1, -0.05) is 25.1 Å². The van der Waals surface area contributed by atoms with Crippen molar-refractivity contribution in [1.29, 1.82) is 5.26 Å². The van der Waals surface area contributed by atoms with Crippen LogP contribution in [0, 0.1) is 17.2 Å². The molecule has 0 bridgehead atoms. The minimum Gasteiger partial charge on any atom is -0.356 e. The van der Waals surface area contributed by atoms with E-state index in [1.807, 2.05) is 37.3 Å². The van der Waals surface area contributed by atoms with Crippen molar-refractivity contribution in [3.8, 4) is 6.07 Å². The molecule has 1 amide bonds. The molecular weight excluding hydrogens is 350 g/mol. The maximum absolute atomic E-state index is 12.6. The second kappa shape index (κ2) is 7.59. The summed E-state index contributed by atoms with van der Waals surface area (Å²) in [6.45, 7) is 3.77. The van der Waals surface area contributed by atoms with Crippen molar-refractivity contribution in [2.24, 2.45) is 5.92 Å². The molecule has 6 nitrogen and oxygen atoms in total. The van der Waals surface area contributed by atoms with E-state index in [2.05, 4.69) is 26.3 Å². The van der Waals surface area contributed by atoms with E-state index in [1.54, 1.807) is 6.07 Å². The number of nitrogens with one attached hydrogen (secondary N) is 1. The molecule has 6 heteroatoms. The van der Waals surface area contributed by atoms with Crippen molar-refractivity contribution in [3.63, 3.8) is 0 Å². The molecule has 0 atom stereocenters. The Bertz CT molecular complexity index is 893. The zero-order valence-electron chi connectivity index (χ0n) is 16.2. The normalized spacial score (nSPS) is 18.4. The Morgan fingerprint density at radius 2 is 1.96 bits per heavy atom. The highest BCUT2D eigenvalue weighted by Crippen LogP contribution is 2.47. The standard InChI is InChI=1S/C22H25N5O/c1-2-19-24-18(15-23)14-20(25-19)27-12-8-17(9-13-27)22(10-11-22)26-21(28)16-6-4-3-5-7-16/h3-7,14,17H,2,8-13H2,1H3,(H,26,28). The lowest BCUT2D eigenvalue weighted by Gasteiger charge is -2.37. The first-order chi connectivity index (χ1) is 13.6. The highest BCUT2D eigenvalue weighted by atomic mass is 16.1. The van der Waals surface area contributed by atoms with Gasteiger partial charge in [0, 0.05) is 36.7 Å². The van der Waals surface area contributed by atoms with Crippen LogP contribution in [0.4, 0.5) is 5.82 Å². The summed E-state index contributed by atoms with van der Waals surface area (Å²) in [5.74, 6) is 2.08. The molecule has 2 aromatic rings. The monoisotopic (exact) mass is 375 g/mol. The van der Waals surface area contributed by atoms with Crippen LogP contribution in [0.15, 0.2) is 36.4 Å². The molecule has 144 valence electrons. The second-order valence-corrected chi connectivity index (χ2v) is 7.73. The van der Waals surface area contributed by atoms with E-state index < -0.39 is 0 Å². The fourth-order valence-corrected chi connectivity index (χ4v) is 4.18. The van der Waals surface area contributed by atoms with Crippen molar-refractivity contribution in [2.45, 2.75) is 44.6 Å². The van der Waals surface area contributed by atoms with Gasteiger partial charge in [-0.25, -0.2) is 9.97 Å². The predicted octanol–water partition coefficient (Wildman–Crippen LogP) is 3.09. The smallest absolute Gasteiger partial charge is 0.251 e. The molecule has 0 unspecified atom stereocenters. The summed E-state index contributed by atoms with van der Waals surface area (Å²) < 4.78 is 0. The molecule has 1 saturated heterocycles. The molecule has 2 aliphatic rings. The molecule has 2 heterocycles. The summed E-state index contributed by atoms with van der Waals surface area (Å²) in [5, 5.41) is 12.5. The Kier molecular flexibility index (Phi) is 4.99. The van der Waals surface area contributed by atoms with Crippen LogP contribution in [0.3, 0.4) is 0 Å². The third kappa shape index (κ3) is 3.70. The SMILES string of the molecule is CCc1nc(C#N)cc(N2CCC(C3(NC(=O)c4ccccc4)CC3)CC2)n1. The van der Waals surface area contributed by atoms with Gasteiger partial charge in [0.1, 0.15) is 23.4 Å². The van der Waals surface area contributed by atoms with Gasteiger partial charge in [0.25, 0.3) is 5.91 Å². The Labute approximate surface area is 165 Å². The fourth-order valence-electron chi connectivity index (χ4n) is 4.18. The Hall–Kier alpha value is -2.94. The van der Waals surface area contributed by atoms with Gasteiger partial charge in [0.15, 0.2) is 0 Å². The average molecular weight is 375 g/mol. The molecule has 4 rings (SSSR count). The maximum atomic E-state index is 12.6. The molecule has 1 saturated carbocycles. The van der Waals surface area contributed by atoms with Gasteiger partial charge in [-0.2, -0.15) is 5.26 Å². The van der Waals surface area contributed by atoms with Gasteiger partial charge < -0.3 is 10.2 Å². The van der Waals surface area contributed by atoms with Crippen molar-refractivity contribution < 1.29 is 4.79 Å². The van der Waals surface area contributed by atoms with Gasteiger partial charge in [0.05, 0.1) is 0 Å². The number of carbonyl (C=O) groups is 1. The number of hydrogen-bond donors (Lipinski definition) is 1. The highest BCUT2D eigenvalue weighted by molar-refractivity contribution is 5.94. The number of aryl methyl sites for hydroxylation is 1. The minimum absolute atomic E-state index is 0.0302. The summed E-state index contributed by atoms with van der Waals surface area (Å²) in [7, 11) is 0. The molecule has 1 aliphatic carbocycles. The van der Waals surface area contributed by atoms with Gasteiger partial charge >= 0.3 is 0 Å². The summed E-state index contributed by atoms with van der Waals surface area (Å²) in [5.41, 5.74) is 1.11. The van der Waals surface area contributed by atoms with Crippen LogP contribution in [-0.2, 0) is 6.42 Å². The molecule has 1 aromatic heterocycles. The minimum atomic E-state index is -0.0446. The van der Waals surface area contributed by atoms with Crippen LogP contribution in [0.25, 0.3) is 0 Å². The van der Waals surface area contributed by atoms with Crippen molar-refractivity contribution >= 4 is 11.7 Å². The largest absolute Gasteiger partial charge is 0.356 e. The maximum Gasteiger partial charge on any atom is 0.251 e. The van der Waals surface area contributed by atoms with Crippen LogP contribution in [0.5, 0.6) is 0 Å². The lowest BCUT2D eigenvalue weighted by molar-refractivity contribution is 0.0906. The first-order valence-electron chi connectivity index (χ1n) is 10.0. The number of hydrogen-bond acceptors (Lipinski definition) is 5. The number of piperidine rings is 1. The van der Waals surface area contributed by atoms with Crippen molar-refractivity contribution in [2.75, 3.05) is 18.0 Å². The second-order valence-electron chi connectivity index (χ2n) is 7.73. The summed E-state index contributed by atoms with van der Waals surface area (Å²) in [6.07, 6.45) is 4.86. The van der Waals surface area contributed by atoms with Crippen molar-refractivity contribution in [1.82, 2.24) is 15.3 Å². The van der Waals surface area contributed by atoms with E-state index >= 15 is 0 Å². The number of aromatic nitrogens is 2. The lowest BCUT2D eigenvalue weighted by Crippen LogP contribution is -2.47. The first-order valence-corrected chi connectivity index (χ1v) is 10.0.